The van der Waals surface area contributed by atoms with Gasteiger partial charge >= 0.3 is 0 Å². The van der Waals surface area contributed by atoms with Gasteiger partial charge in [-0.3, -0.25) is 0 Å². The monoisotopic (exact) mass is 287 g/mol. The number of anilines is 1. The van der Waals surface area contributed by atoms with Crippen LogP contribution in [0.3, 0.4) is 0 Å². The standard InChI is InChI=1S/C15H11ClFN3/c16-12-8-4-7-11(15(12)17)13-9-14(18)20(19-13)10-5-2-1-3-6-10/h1-9H,18H2. The summed E-state index contributed by atoms with van der Waals surface area (Å²) < 4.78 is 15.6. The van der Waals surface area contributed by atoms with Gasteiger partial charge in [-0.15, -0.1) is 0 Å². The van der Waals surface area contributed by atoms with E-state index in [9.17, 15) is 4.39 Å². The number of rotatable bonds is 2. The van der Waals surface area contributed by atoms with Gasteiger partial charge in [0.05, 0.1) is 16.4 Å². The van der Waals surface area contributed by atoms with E-state index in [-0.39, 0.29) is 5.02 Å². The first kappa shape index (κ1) is 12.7. The molecule has 5 heteroatoms. The van der Waals surface area contributed by atoms with Crippen molar-refractivity contribution in [2.45, 2.75) is 0 Å². The quantitative estimate of drug-likeness (QED) is 0.776. The van der Waals surface area contributed by atoms with Crippen molar-refractivity contribution in [2.75, 3.05) is 5.73 Å². The van der Waals surface area contributed by atoms with Crippen LogP contribution in [0.1, 0.15) is 0 Å². The molecule has 2 aromatic carbocycles. The molecule has 20 heavy (non-hydrogen) atoms. The molecule has 0 aliphatic heterocycles. The van der Waals surface area contributed by atoms with Crippen molar-refractivity contribution in [3.8, 4) is 16.9 Å². The highest BCUT2D eigenvalue weighted by Gasteiger charge is 2.14. The lowest BCUT2D eigenvalue weighted by atomic mass is 10.1. The minimum atomic E-state index is -0.494. The average molecular weight is 288 g/mol. The Morgan fingerprint density at radius 1 is 1.05 bits per heavy atom. The number of nitrogen functional groups attached to an aromatic ring is 1. The van der Waals surface area contributed by atoms with Gasteiger partial charge < -0.3 is 5.73 Å². The number of halogens is 2. The molecule has 0 unspecified atom stereocenters. The zero-order valence-corrected chi connectivity index (χ0v) is 11.2. The Morgan fingerprint density at radius 3 is 2.55 bits per heavy atom. The highest BCUT2D eigenvalue weighted by Crippen LogP contribution is 2.28. The summed E-state index contributed by atoms with van der Waals surface area (Å²) in [4.78, 5) is 0. The molecule has 0 aliphatic carbocycles. The number of benzene rings is 2. The number of hydrogen-bond acceptors (Lipinski definition) is 2. The number of nitrogens with two attached hydrogens (primary N) is 1. The van der Waals surface area contributed by atoms with Crippen LogP contribution in [0.2, 0.25) is 5.02 Å². The molecule has 0 amide bonds. The van der Waals surface area contributed by atoms with Crippen LogP contribution < -0.4 is 5.73 Å². The van der Waals surface area contributed by atoms with Gasteiger partial charge in [0.1, 0.15) is 5.82 Å². The molecule has 100 valence electrons. The van der Waals surface area contributed by atoms with Crippen LogP contribution in [0.15, 0.2) is 54.6 Å². The Morgan fingerprint density at radius 2 is 1.80 bits per heavy atom. The van der Waals surface area contributed by atoms with Crippen LogP contribution in [0.5, 0.6) is 0 Å². The minimum Gasteiger partial charge on any atom is -0.384 e. The van der Waals surface area contributed by atoms with E-state index < -0.39 is 5.82 Å². The Bertz CT molecular complexity index is 753. The summed E-state index contributed by atoms with van der Waals surface area (Å²) in [5.41, 5.74) is 7.54. The third-order valence-corrected chi connectivity index (χ3v) is 3.26. The summed E-state index contributed by atoms with van der Waals surface area (Å²) in [5, 5.41) is 4.41. The maximum Gasteiger partial charge on any atom is 0.151 e. The predicted octanol–water partition coefficient (Wildman–Crippen LogP) is 3.91. The van der Waals surface area contributed by atoms with E-state index in [0.717, 1.165) is 5.69 Å². The Labute approximate surface area is 120 Å². The summed E-state index contributed by atoms with van der Waals surface area (Å²) in [6.45, 7) is 0. The highest BCUT2D eigenvalue weighted by atomic mass is 35.5. The van der Waals surface area contributed by atoms with Gasteiger partial charge in [-0.05, 0) is 24.3 Å². The molecule has 3 rings (SSSR count). The molecule has 0 saturated carbocycles. The molecule has 3 nitrogen and oxygen atoms in total. The number of para-hydroxylation sites is 1. The lowest BCUT2D eigenvalue weighted by Gasteiger charge is -2.03. The molecule has 0 atom stereocenters. The molecule has 0 radical (unpaired) electrons. The van der Waals surface area contributed by atoms with Gasteiger partial charge in [0, 0.05) is 11.6 Å². The van der Waals surface area contributed by atoms with E-state index in [0.29, 0.717) is 17.1 Å². The predicted molar refractivity (Wildman–Crippen MR) is 78.4 cm³/mol. The summed E-state index contributed by atoms with van der Waals surface area (Å²) in [5.74, 6) is -0.0579. The van der Waals surface area contributed by atoms with Gasteiger partial charge in [-0.1, -0.05) is 35.9 Å². The average Bonchev–Trinajstić information content (AvgIpc) is 2.85. The molecule has 1 heterocycles. The second-order valence-corrected chi connectivity index (χ2v) is 4.71. The molecular formula is C15H11ClFN3. The number of hydrogen-bond donors (Lipinski definition) is 1. The molecule has 0 aliphatic rings. The lowest BCUT2D eigenvalue weighted by molar-refractivity contribution is 0.631. The molecule has 3 aromatic rings. The normalized spacial score (nSPS) is 10.7. The molecule has 0 spiro atoms. The fraction of sp³-hybridized carbons (Fsp3) is 0. The van der Waals surface area contributed by atoms with Crippen molar-refractivity contribution in [2.24, 2.45) is 0 Å². The van der Waals surface area contributed by atoms with Crippen LogP contribution in [-0.2, 0) is 0 Å². The topological polar surface area (TPSA) is 43.8 Å². The van der Waals surface area contributed by atoms with Gasteiger partial charge in [-0.2, -0.15) is 5.10 Å². The second kappa shape index (κ2) is 4.98. The van der Waals surface area contributed by atoms with Crippen LogP contribution in [-0.4, -0.2) is 9.78 Å². The van der Waals surface area contributed by atoms with Crippen molar-refractivity contribution in [1.29, 1.82) is 0 Å². The van der Waals surface area contributed by atoms with Crippen molar-refractivity contribution in [1.82, 2.24) is 9.78 Å². The summed E-state index contributed by atoms with van der Waals surface area (Å²) in [6, 6.07) is 15.9. The van der Waals surface area contributed by atoms with Crippen LogP contribution >= 0.6 is 11.6 Å². The molecule has 2 N–H and O–H groups in total. The van der Waals surface area contributed by atoms with E-state index in [2.05, 4.69) is 5.10 Å². The second-order valence-electron chi connectivity index (χ2n) is 4.30. The third-order valence-electron chi connectivity index (χ3n) is 2.97. The van der Waals surface area contributed by atoms with Crippen molar-refractivity contribution in [3.63, 3.8) is 0 Å². The Hall–Kier alpha value is -2.33. The molecule has 0 saturated heterocycles. The first-order valence-corrected chi connectivity index (χ1v) is 6.40. The van der Waals surface area contributed by atoms with Crippen LogP contribution in [0, 0.1) is 5.82 Å². The van der Waals surface area contributed by atoms with Crippen LogP contribution in [0.4, 0.5) is 10.2 Å². The smallest absolute Gasteiger partial charge is 0.151 e. The fourth-order valence-corrected chi connectivity index (χ4v) is 2.18. The molecular weight excluding hydrogens is 277 g/mol. The number of nitrogens with zero attached hydrogens (tertiary/aromatic N) is 2. The SMILES string of the molecule is Nc1cc(-c2cccc(Cl)c2F)nn1-c1ccccc1. The van der Waals surface area contributed by atoms with Crippen molar-refractivity contribution < 1.29 is 4.39 Å². The van der Waals surface area contributed by atoms with Gasteiger partial charge in [0.2, 0.25) is 0 Å². The van der Waals surface area contributed by atoms with Crippen LogP contribution in [0.25, 0.3) is 16.9 Å². The molecule has 0 bridgehead atoms. The van der Waals surface area contributed by atoms with Crippen molar-refractivity contribution in [3.05, 3.63) is 65.4 Å². The largest absolute Gasteiger partial charge is 0.384 e. The van der Waals surface area contributed by atoms with E-state index in [1.54, 1.807) is 22.9 Å². The summed E-state index contributed by atoms with van der Waals surface area (Å²) in [6.07, 6.45) is 0. The van der Waals surface area contributed by atoms with E-state index in [1.165, 1.54) is 6.07 Å². The molecule has 0 fully saturated rings. The maximum atomic E-state index is 14.0. The fourth-order valence-electron chi connectivity index (χ4n) is 2.00. The third kappa shape index (κ3) is 2.14. The number of aromatic nitrogens is 2. The summed E-state index contributed by atoms with van der Waals surface area (Å²) >= 11 is 5.79. The highest BCUT2D eigenvalue weighted by molar-refractivity contribution is 6.31. The van der Waals surface area contributed by atoms with Gasteiger partial charge in [0.15, 0.2) is 5.82 Å². The first-order chi connectivity index (χ1) is 9.66. The zero-order valence-electron chi connectivity index (χ0n) is 10.4. The lowest BCUT2D eigenvalue weighted by Crippen LogP contribution is -2.01. The summed E-state index contributed by atoms with van der Waals surface area (Å²) in [7, 11) is 0. The van der Waals surface area contributed by atoms with Gasteiger partial charge in [-0.25, -0.2) is 9.07 Å². The van der Waals surface area contributed by atoms with Gasteiger partial charge in [0.25, 0.3) is 0 Å². The first-order valence-electron chi connectivity index (χ1n) is 6.02. The van der Waals surface area contributed by atoms with E-state index in [4.69, 9.17) is 17.3 Å². The zero-order chi connectivity index (χ0) is 14.1. The molecule has 1 aromatic heterocycles. The Kier molecular flexibility index (Phi) is 3.16. The van der Waals surface area contributed by atoms with E-state index in [1.807, 2.05) is 30.3 Å². The minimum absolute atomic E-state index is 0.0651. The van der Waals surface area contributed by atoms with E-state index >= 15 is 0 Å². The Balaban J connectivity index is 2.12. The van der Waals surface area contributed by atoms with Crippen molar-refractivity contribution >= 4 is 17.4 Å². The maximum absolute atomic E-state index is 14.0.